The van der Waals surface area contributed by atoms with Gasteiger partial charge in [-0.15, -0.1) is 6.58 Å². The molecule has 1 heterocycles. The van der Waals surface area contributed by atoms with Gasteiger partial charge in [0.1, 0.15) is 23.5 Å². The average molecular weight is 726 g/mol. The third-order valence-corrected chi connectivity index (χ3v) is 6.70. The first-order valence-electron chi connectivity index (χ1n) is 16.7. The number of carbonyl (C=O) groups excluding carboxylic acids is 2. The summed E-state index contributed by atoms with van der Waals surface area (Å²) in [4.78, 5) is 28.6. The van der Waals surface area contributed by atoms with Gasteiger partial charge < -0.3 is 39.8 Å². The molecule has 3 N–H and O–H groups in total. The maximum atomic E-state index is 12.5. The molecular weight excluding hydrogens is 670 g/mol. The lowest BCUT2D eigenvalue weighted by atomic mass is 10.1. The fourth-order valence-electron chi connectivity index (χ4n) is 4.16. The Bertz CT molecular complexity index is 1810. The molecule has 0 aliphatic carbocycles. The molecule has 2 amide bonds. The van der Waals surface area contributed by atoms with E-state index in [2.05, 4.69) is 34.1 Å². The van der Waals surface area contributed by atoms with Crippen molar-refractivity contribution in [2.45, 2.75) is 27.7 Å². The number of urea groups is 1. The van der Waals surface area contributed by atoms with Crippen molar-refractivity contribution >= 4 is 40.3 Å². The maximum absolute atomic E-state index is 12.5. The highest BCUT2D eigenvalue weighted by molar-refractivity contribution is 6.00. The summed E-state index contributed by atoms with van der Waals surface area (Å²) in [6.45, 7) is 15.6. The molecule has 0 aliphatic rings. The van der Waals surface area contributed by atoms with E-state index in [1.54, 1.807) is 51.8 Å². The van der Waals surface area contributed by atoms with Gasteiger partial charge >= 0.3 is 6.03 Å². The largest absolute Gasteiger partial charge is 0.497 e. The van der Waals surface area contributed by atoms with Crippen molar-refractivity contribution in [2.24, 2.45) is 0 Å². The summed E-state index contributed by atoms with van der Waals surface area (Å²) in [5.41, 5.74) is 5.09. The molecule has 3 aromatic carbocycles. The zero-order chi connectivity index (χ0) is 39.8. The Hall–Kier alpha value is -6.07. The number of nitrogens with zero attached hydrogens (tertiary/aromatic N) is 2. The van der Waals surface area contributed by atoms with E-state index in [1.165, 1.54) is 11.6 Å². The van der Waals surface area contributed by atoms with Crippen LogP contribution in [0, 0.1) is 6.92 Å². The predicted octanol–water partition coefficient (Wildman–Crippen LogP) is 9.65. The number of likely N-dealkylation sites (N-methyl/N-ethyl adjacent to an activating group) is 1. The van der Waals surface area contributed by atoms with Gasteiger partial charge in [0.05, 0.1) is 26.8 Å². The number of aryl methyl sites for hydroxylation is 1. The van der Waals surface area contributed by atoms with Crippen molar-refractivity contribution in [3.63, 3.8) is 0 Å². The number of allylic oxidation sites excluding steroid dienone is 4. The number of fused-ring (bicyclic) bond motifs is 1. The molecule has 0 saturated heterocycles. The van der Waals surface area contributed by atoms with Crippen LogP contribution in [0.3, 0.4) is 0 Å². The van der Waals surface area contributed by atoms with Gasteiger partial charge in [0.2, 0.25) is 0 Å². The zero-order valence-corrected chi connectivity index (χ0v) is 32.7. The smallest absolute Gasteiger partial charge is 0.323 e. The molecule has 53 heavy (non-hydrogen) atoms. The molecule has 0 saturated carbocycles. The number of carbonyl (C=O) groups is 2. The van der Waals surface area contributed by atoms with Crippen LogP contribution in [0.25, 0.3) is 10.9 Å². The molecule has 0 atom stereocenters. The third kappa shape index (κ3) is 17.1. The average Bonchev–Trinajstić information content (AvgIpc) is 3.13. The summed E-state index contributed by atoms with van der Waals surface area (Å²) in [6.07, 6.45) is 9.41. The molecule has 284 valence electrons. The molecule has 0 fully saturated rings. The van der Waals surface area contributed by atoms with E-state index in [0.29, 0.717) is 45.6 Å². The standard InChI is InChI=1S/C26H26N4O4.C7H12O.C6H11NO.C3H6/c1-16-5-6-19(30-26(31)29-18-9-7-17(27-2)8-10-18)13-23(16)34-22-11-12-28-21-15-25(33-4)24(32-3)14-20(21)22;1-6(2)5-7(3)8-4;1-7(2)5-3-4-6-8;1-3-2/h5-15,27H,1-4H3,(H2,29,30,31);5H,3H2,1-2,4H3;3-4,6H,5H2,1-2H3;3H,1H2,2H3/b;;4-3+;. The minimum Gasteiger partial charge on any atom is -0.497 e. The van der Waals surface area contributed by atoms with Gasteiger partial charge in [-0.1, -0.05) is 30.4 Å². The second kappa shape index (κ2) is 25.0. The fraction of sp³-hybridized carbons (Fsp3) is 0.262. The second-order valence-corrected chi connectivity index (χ2v) is 11.6. The van der Waals surface area contributed by atoms with Gasteiger partial charge in [-0.05, 0) is 102 Å². The van der Waals surface area contributed by atoms with Crippen LogP contribution in [0.1, 0.15) is 26.3 Å². The minimum absolute atomic E-state index is 0.349. The van der Waals surface area contributed by atoms with Crippen LogP contribution < -0.4 is 30.2 Å². The number of hydrogen-bond acceptors (Lipinski definition) is 9. The number of pyridine rings is 1. The van der Waals surface area contributed by atoms with Crippen LogP contribution in [0.15, 0.2) is 116 Å². The number of nitrogens with one attached hydrogen (secondary N) is 3. The van der Waals surface area contributed by atoms with Crippen molar-refractivity contribution in [1.29, 1.82) is 0 Å². The van der Waals surface area contributed by atoms with Crippen LogP contribution >= 0.6 is 0 Å². The van der Waals surface area contributed by atoms with Crippen LogP contribution in [0.2, 0.25) is 0 Å². The first-order chi connectivity index (χ1) is 25.3. The number of hydrogen-bond donors (Lipinski definition) is 3. The Labute approximate surface area is 315 Å². The number of ether oxygens (including phenoxy) is 4. The molecule has 0 aliphatic heterocycles. The number of aldehydes is 1. The Morgan fingerprint density at radius 1 is 0.868 bits per heavy atom. The molecular formula is C42H55N5O6. The predicted molar refractivity (Wildman–Crippen MR) is 220 cm³/mol. The molecule has 0 unspecified atom stereocenters. The normalized spacial score (nSPS) is 9.79. The summed E-state index contributed by atoms with van der Waals surface area (Å²) < 4.78 is 21.8. The topological polar surface area (TPSA) is 123 Å². The quantitative estimate of drug-likeness (QED) is 0.0431. The first-order valence-corrected chi connectivity index (χ1v) is 16.7. The molecule has 11 heteroatoms. The van der Waals surface area contributed by atoms with E-state index < -0.39 is 0 Å². The van der Waals surface area contributed by atoms with Gasteiger partial charge in [-0.25, -0.2) is 4.79 Å². The van der Waals surface area contributed by atoms with E-state index in [0.717, 1.165) is 29.5 Å². The lowest BCUT2D eigenvalue weighted by Gasteiger charge is -2.15. The number of benzene rings is 3. The number of aromatic nitrogens is 1. The van der Waals surface area contributed by atoms with Gasteiger partial charge in [-0.3, -0.25) is 9.78 Å². The van der Waals surface area contributed by atoms with Crippen molar-refractivity contribution in [3.8, 4) is 23.0 Å². The highest BCUT2D eigenvalue weighted by Crippen LogP contribution is 2.38. The van der Waals surface area contributed by atoms with Gasteiger partial charge in [-0.2, -0.15) is 0 Å². The SMILES string of the molecule is C=C(C=C(C)C)OC.C=CC.CN(C)C/C=C/C=O.CNc1ccc(NC(=O)Nc2ccc(C)c(Oc3ccnc4cc(OC)c(OC)cc34)c2)cc1. The first kappa shape index (κ1) is 45.0. The van der Waals surface area contributed by atoms with Crippen molar-refractivity contribution in [2.75, 3.05) is 65.0 Å². The summed E-state index contributed by atoms with van der Waals surface area (Å²) in [7, 11) is 10.5. The number of rotatable bonds is 12. The molecule has 0 spiro atoms. The number of amides is 2. The highest BCUT2D eigenvalue weighted by Gasteiger charge is 2.13. The van der Waals surface area contributed by atoms with Crippen LogP contribution in [0.4, 0.5) is 21.9 Å². The van der Waals surface area contributed by atoms with Crippen LogP contribution in [-0.2, 0) is 9.53 Å². The Kier molecular flexibility index (Phi) is 21.2. The third-order valence-electron chi connectivity index (χ3n) is 6.70. The lowest BCUT2D eigenvalue weighted by Crippen LogP contribution is -2.19. The van der Waals surface area contributed by atoms with Gasteiger partial charge in [0, 0.05) is 54.4 Å². The summed E-state index contributed by atoms with van der Waals surface area (Å²) >= 11 is 0. The Balaban J connectivity index is 0.000000609. The monoisotopic (exact) mass is 725 g/mol. The zero-order valence-electron chi connectivity index (χ0n) is 32.7. The van der Waals surface area contributed by atoms with Crippen LogP contribution in [0.5, 0.6) is 23.0 Å². The number of anilines is 3. The molecule has 11 nitrogen and oxygen atoms in total. The lowest BCUT2D eigenvalue weighted by molar-refractivity contribution is -0.104. The van der Waals surface area contributed by atoms with Crippen molar-refractivity contribution < 1.29 is 28.5 Å². The second-order valence-electron chi connectivity index (χ2n) is 11.6. The Morgan fingerprint density at radius 3 is 1.98 bits per heavy atom. The van der Waals surface area contributed by atoms with E-state index in [4.69, 9.17) is 18.9 Å². The van der Waals surface area contributed by atoms with E-state index in [1.807, 2.05) is 108 Å². The molecule has 1 aromatic heterocycles. The molecule has 0 radical (unpaired) electrons. The molecule has 0 bridgehead atoms. The van der Waals surface area contributed by atoms with Crippen molar-refractivity contribution in [1.82, 2.24) is 9.88 Å². The van der Waals surface area contributed by atoms with Gasteiger partial charge in [0.25, 0.3) is 0 Å². The minimum atomic E-state index is -0.349. The van der Waals surface area contributed by atoms with E-state index in [9.17, 15) is 9.59 Å². The van der Waals surface area contributed by atoms with Crippen LogP contribution in [-0.4, -0.2) is 71.2 Å². The molecule has 4 aromatic rings. The highest BCUT2D eigenvalue weighted by atomic mass is 16.5. The molecule has 4 rings (SSSR count). The number of methoxy groups -OCH3 is 3. The van der Waals surface area contributed by atoms with Gasteiger partial charge in [0.15, 0.2) is 11.5 Å². The summed E-state index contributed by atoms with van der Waals surface area (Å²) in [5, 5.41) is 9.49. The maximum Gasteiger partial charge on any atom is 0.323 e. The van der Waals surface area contributed by atoms with E-state index >= 15 is 0 Å². The van der Waals surface area contributed by atoms with E-state index in [-0.39, 0.29) is 6.03 Å². The fourth-order valence-corrected chi connectivity index (χ4v) is 4.16. The van der Waals surface area contributed by atoms with Crippen molar-refractivity contribution in [3.05, 3.63) is 121 Å². The summed E-state index contributed by atoms with van der Waals surface area (Å²) in [5.74, 6) is 3.11. The summed E-state index contributed by atoms with van der Waals surface area (Å²) in [6, 6.07) is 18.0. The Morgan fingerprint density at radius 2 is 1.45 bits per heavy atom.